The third kappa shape index (κ3) is 3.03. The molecule has 5 nitrogen and oxygen atoms in total. The molecule has 3 heterocycles. The lowest BCUT2D eigenvalue weighted by molar-refractivity contribution is 0.297. The van der Waals surface area contributed by atoms with Crippen LogP contribution >= 0.6 is 0 Å². The molecule has 0 saturated carbocycles. The number of H-pyrrole nitrogens is 2. The topological polar surface area (TPSA) is 60.6 Å². The van der Waals surface area contributed by atoms with Crippen LogP contribution in [-0.4, -0.2) is 38.2 Å². The summed E-state index contributed by atoms with van der Waals surface area (Å²) in [7, 11) is 0. The van der Waals surface area contributed by atoms with Gasteiger partial charge in [-0.05, 0) is 85.3 Å². The van der Waals surface area contributed by atoms with Gasteiger partial charge < -0.3 is 4.98 Å². The molecule has 6 rings (SSSR count). The van der Waals surface area contributed by atoms with E-state index >= 15 is 0 Å². The van der Waals surface area contributed by atoms with Crippen molar-refractivity contribution in [2.75, 3.05) is 13.1 Å². The maximum absolute atomic E-state index is 4.80. The van der Waals surface area contributed by atoms with Crippen molar-refractivity contribution in [1.29, 1.82) is 0 Å². The molecule has 0 amide bonds. The Morgan fingerprint density at radius 2 is 1.72 bits per heavy atom. The van der Waals surface area contributed by atoms with Gasteiger partial charge in [0, 0.05) is 40.1 Å². The van der Waals surface area contributed by atoms with Gasteiger partial charge in [0.05, 0.1) is 17.2 Å². The Kier molecular flexibility index (Phi) is 4.72. The van der Waals surface area contributed by atoms with Crippen molar-refractivity contribution in [2.45, 2.75) is 46.1 Å². The molecule has 162 valence electrons. The van der Waals surface area contributed by atoms with E-state index < -0.39 is 0 Å². The summed E-state index contributed by atoms with van der Waals surface area (Å²) in [6.45, 7) is 7.53. The molecule has 0 unspecified atom stereocenters. The minimum Gasteiger partial charge on any atom is -0.354 e. The van der Waals surface area contributed by atoms with Crippen LogP contribution in [-0.2, 0) is 19.4 Å². The second kappa shape index (κ2) is 7.75. The van der Waals surface area contributed by atoms with Gasteiger partial charge in [-0.1, -0.05) is 19.9 Å². The minimum absolute atomic E-state index is 0.955. The summed E-state index contributed by atoms with van der Waals surface area (Å²) in [5, 5.41) is 11.2. The number of fused-ring (bicyclic) bond motifs is 6. The van der Waals surface area contributed by atoms with Gasteiger partial charge in [0.2, 0.25) is 0 Å². The van der Waals surface area contributed by atoms with Crippen LogP contribution < -0.4 is 0 Å². The van der Waals surface area contributed by atoms with Gasteiger partial charge in [0.15, 0.2) is 0 Å². The molecule has 1 aliphatic rings. The lowest BCUT2D eigenvalue weighted by Gasteiger charge is -2.24. The zero-order valence-electron chi connectivity index (χ0n) is 18.8. The number of rotatable bonds is 5. The minimum atomic E-state index is 0.955. The van der Waals surface area contributed by atoms with Gasteiger partial charge in [-0.15, -0.1) is 0 Å². The van der Waals surface area contributed by atoms with Gasteiger partial charge in [-0.3, -0.25) is 15.0 Å². The molecule has 0 spiro atoms. The first-order chi connectivity index (χ1) is 15.8. The smallest absolute Gasteiger partial charge is 0.0713 e. The molecule has 0 fully saturated rings. The molecule has 5 heteroatoms. The second-order valence-electron chi connectivity index (χ2n) is 8.96. The van der Waals surface area contributed by atoms with Crippen molar-refractivity contribution in [1.82, 2.24) is 25.1 Å². The van der Waals surface area contributed by atoms with E-state index in [4.69, 9.17) is 4.98 Å². The Morgan fingerprint density at radius 1 is 0.906 bits per heavy atom. The van der Waals surface area contributed by atoms with Crippen LogP contribution in [0.3, 0.4) is 0 Å². The molecule has 0 saturated heterocycles. The number of hydrogen-bond donors (Lipinski definition) is 2. The number of nitrogens with zero attached hydrogens (tertiary/aromatic N) is 3. The lowest BCUT2D eigenvalue weighted by atomic mass is 9.85. The highest BCUT2D eigenvalue weighted by Crippen LogP contribution is 2.39. The lowest BCUT2D eigenvalue weighted by Crippen LogP contribution is -2.22. The summed E-state index contributed by atoms with van der Waals surface area (Å²) >= 11 is 0. The molecule has 3 aromatic heterocycles. The Hall–Kier alpha value is -3.18. The summed E-state index contributed by atoms with van der Waals surface area (Å²) in [6.07, 6.45) is 8.76. The third-order valence-corrected chi connectivity index (χ3v) is 7.21. The number of hydrogen-bond acceptors (Lipinski definition) is 3. The Balaban J connectivity index is 1.61. The van der Waals surface area contributed by atoms with Gasteiger partial charge in [0.1, 0.15) is 0 Å². The molecule has 2 aromatic carbocycles. The van der Waals surface area contributed by atoms with E-state index in [0.29, 0.717) is 0 Å². The molecule has 5 aromatic rings. The summed E-state index contributed by atoms with van der Waals surface area (Å²) < 4.78 is 0. The molecule has 0 atom stereocenters. The number of benzene rings is 2. The highest BCUT2D eigenvalue weighted by Gasteiger charge is 2.22. The van der Waals surface area contributed by atoms with Crippen molar-refractivity contribution in [3.8, 4) is 11.3 Å². The normalized spacial score (nSPS) is 14.1. The van der Waals surface area contributed by atoms with Crippen LogP contribution in [0.4, 0.5) is 0 Å². The number of pyridine rings is 1. The monoisotopic (exact) mass is 423 g/mol. The Bertz CT molecular complexity index is 1440. The van der Waals surface area contributed by atoms with Gasteiger partial charge >= 0.3 is 0 Å². The Labute approximate surface area is 187 Å². The van der Waals surface area contributed by atoms with Gasteiger partial charge in [-0.2, -0.15) is 5.10 Å². The Morgan fingerprint density at radius 3 is 2.56 bits per heavy atom. The van der Waals surface area contributed by atoms with Crippen molar-refractivity contribution in [3.63, 3.8) is 0 Å². The summed E-state index contributed by atoms with van der Waals surface area (Å²) in [4.78, 5) is 11.1. The van der Waals surface area contributed by atoms with Crippen molar-refractivity contribution in [3.05, 3.63) is 59.4 Å². The predicted octanol–water partition coefficient (Wildman–Crippen LogP) is 5.98. The molecule has 32 heavy (non-hydrogen) atoms. The molecule has 0 aliphatic heterocycles. The second-order valence-corrected chi connectivity index (χ2v) is 8.96. The molecule has 0 radical (unpaired) electrons. The molecule has 0 bridgehead atoms. The third-order valence-electron chi connectivity index (χ3n) is 7.21. The maximum Gasteiger partial charge on any atom is 0.0713 e. The van der Waals surface area contributed by atoms with Crippen molar-refractivity contribution in [2.24, 2.45) is 0 Å². The van der Waals surface area contributed by atoms with Crippen LogP contribution in [0, 0.1) is 0 Å². The van der Waals surface area contributed by atoms with E-state index in [1.807, 2.05) is 6.20 Å². The quantitative estimate of drug-likeness (QED) is 0.365. The predicted molar refractivity (Wildman–Crippen MR) is 132 cm³/mol. The van der Waals surface area contributed by atoms with E-state index in [2.05, 4.69) is 70.5 Å². The van der Waals surface area contributed by atoms with Gasteiger partial charge in [-0.25, -0.2) is 0 Å². The number of aryl methyl sites for hydroxylation is 1. The standard InChI is InChI=1S/C27H29N5/c1-3-32(4-2)16-19-14-28-23-11-12-24-26(25(19)23)20-7-5-6-8-21(20)27(30-24)17-9-10-22-18(13-17)15-29-31-22/h9-15,30H,3-8,16H2,1-2H3,(H,29,31). The van der Waals surface area contributed by atoms with Crippen LogP contribution in [0.1, 0.15) is 43.4 Å². The molecule has 2 N–H and O–H groups in total. The maximum atomic E-state index is 4.80. The van der Waals surface area contributed by atoms with E-state index in [1.165, 1.54) is 57.1 Å². The first kappa shape index (κ1) is 19.5. The van der Waals surface area contributed by atoms with Crippen LogP contribution in [0.2, 0.25) is 0 Å². The molecular weight excluding hydrogens is 394 g/mol. The fourth-order valence-corrected chi connectivity index (χ4v) is 5.47. The van der Waals surface area contributed by atoms with Crippen LogP contribution in [0.15, 0.2) is 42.7 Å². The van der Waals surface area contributed by atoms with E-state index in [0.717, 1.165) is 48.9 Å². The molecule has 1 aliphatic carbocycles. The van der Waals surface area contributed by atoms with E-state index in [-0.39, 0.29) is 0 Å². The highest BCUT2D eigenvalue weighted by molar-refractivity contribution is 6.10. The average molecular weight is 424 g/mol. The fraction of sp³-hybridized carbons (Fsp3) is 0.333. The zero-order valence-corrected chi connectivity index (χ0v) is 18.8. The van der Waals surface area contributed by atoms with E-state index in [1.54, 1.807) is 0 Å². The molecular formula is C27H29N5. The van der Waals surface area contributed by atoms with Crippen molar-refractivity contribution >= 4 is 32.7 Å². The largest absolute Gasteiger partial charge is 0.354 e. The summed E-state index contributed by atoms with van der Waals surface area (Å²) in [6, 6.07) is 11.0. The highest BCUT2D eigenvalue weighted by atomic mass is 15.1. The van der Waals surface area contributed by atoms with Crippen LogP contribution in [0.25, 0.3) is 44.0 Å². The SMILES string of the molecule is CCN(CC)Cc1cnc2ccc3[nH]c(-c4ccc5[nH]ncc5c4)c4c(c3c12)CCCC4. The summed E-state index contributed by atoms with van der Waals surface area (Å²) in [5.74, 6) is 0. The first-order valence-corrected chi connectivity index (χ1v) is 11.9. The fourth-order valence-electron chi connectivity index (χ4n) is 5.47. The van der Waals surface area contributed by atoms with Gasteiger partial charge in [0.25, 0.3) is 0 Å². The first-order valence-electron chi connectivity index (χ1n) is 11.9. The number of aromatic nitrogens is 4. The number of aromatic amines is 2. The van der Waals surface area contributed by atoms with Crippen LogP contribution in [0.5, 0.6) is 0 Å². The summed E-state index contributed by atoms with van der Waals surface area (Å²) in [5.41, 5.74) is 10.3. The average Bonchev–Trinajstić information content (AvgIpc) is 3.48. The number of nitrogens with one attached hydrogen (secondary N) is 2. The zero-order chi connectivity index (χ0) is 21.7. The van der Waals surface area contributed by atoms with Crippen molar-refractivity contribution < 1.29 is 0 Å². The van der Waals surface area contributed by atoms with E-state index in [9.17, 15) is 0 Å².